The number of rotatable bonds is 6. The minimum Gasteiger partial charge on any atom is -0.461 e. The lowest BCUT2D eigenvalue weighted by Gasteiger charge is -2.25. The number of aryl methyl sites for hydroxylation is 1. The standard InChI is InChI=1S/C24H27N5O3/c1-2-17-13-25-24(26-14-17)32-15-19-9-6-10-28(19)23(30)21-20-16-31-12-11-29(20)27-22(21)18-7-4-3-5-8-18/h3-5,7-8,13-14,19H,2,6,9-12,15-16H2,1H3/t19-/m0/s1. The zero-order chi connectivity index (χ0) is 21.9. The molecule has 0 radical (unpaired) electrons. The lowest BCUT2D eigenvalue weighted by molar-refractivity contribution is 0.0649. The van der Waals surface area contributed by atoms with Gasteiger partial charge in [-0.15, -0.1) is 0 Å². The highest BCUT2D eigenvalue weighted by Gasteiger charge is 2.35. The van der Waals surface area contributed by atoms with Gasteiger partial charge in [-0.3, -0.25) is 9.48 Å². The molecule has 8 nitrogen and oxygen atoms in total. The van der Waals surface area contributed by atoms with Crippen molar-refractivity contribution in [3.8, 4) is 17.3 Å². The van der Waals surface area contributed by atoms with Crippen LogP contribution in [-0.4, -0.2) is 56.4 Å². The number of benzene rings is 1. The Hall–Kier alpha value is -3.26. The van der Waals surface area contributed by atoms with Crippen molar-refractivity contribution in [2.24, 2.45) is 0 Å². The van der Waals surface area contributed by atoms with Crippen LogP contribution in [0, 0.1) is 0 Å². The van der Waals surface area contributed by atoms with Crippen molar-refractivity contribution in [3.05, 3.63) is 59.5 Å². The number of amides is 1. The fourth-order valence-corrected chi connectivity index (χ4v) is 4.36. The minimum atomic E-state index is -0.0272. The number of carbonyl (C=O) groups excluding carboxylic acids is 1. The quantitative estimate of drug-likeness (QED) is 0.594. The Balaban J connectivity index is 1.39. The number of fused-ring (bicyclic) bond motifs is 1. The molecule has 2 aromatic heterocycles. The van der Waals surface area contributed by atoms with Crippen molar-refractivity contribution in [3.63, 3.8) is 0 Å². The van der Waals surface area contributed by atoms with Gasteiger partial charge in [0.2, 0.25) is 0 Å². The summed E-state index contributed by atoms with van der Waals surface area (Å²) in [6.45, 7) is 4.78. The van der Waals surface area contributed by atoms with Gasteiger partial charge < -0.3 is 14.4 Å². The van der Waals surface area contributed by atoms with Gasteiger partial charge in [0.1, 0.15) is 12.3 Å². The Morgan fingerprint density at radius 2 is 2.00 bits per heavy atom. The smallest absolute Gasteiger partial charge is 0.316 e. The predicted octanol–water partition coefficient (Wildman–Crippen LogP) is 3.12. The van der Waals surface area contributed by atoms with E-state index in [2.05, 4.69) is 16.9 Å². The van der Waals surface area contributed by atoms with E-state index in [0.29, 0.717) is 44.5 Å². The van der Waals surface area contributed by atoms with Gasteiger partial charge in [-0.2, -0.15) is 5.10 Å². The highest BCUT2D eigenvalue weighted by Crippen LogP contribution is 2.31. The molecule has 5 rings (SSSR count). The Morgan fingerprint density at radius 1 is 1.19 bits per heavy atom. The molecule has 2 aliphatic heterocycles. The van der Waals surface area contributed by atoms with Crippen LogP contribution in [0.15, 0.2) is 42.7 Å². The molecule has 3 aromatic rings. The third-order valence-electron chi connectivity index (χ3n) is 6.14. The second-order valence-electron chi connectivity index (χ2n) is 8.15. The third kappa shape index (κ3) is 3.98. The summed E-state index contributed by atoms with van der Waals surface area (Å²) < 4.78 is 13.5. The molecule has 4 heterocycles. The third-order valence-corrected chi connectivity index (χ3v) is 6.14. The van der Waals surface area contributed by atoms with Crippen LogP contribution >= 0.6 is 0 Å². The van der Waals surface area contributed by atoms with Gasteiger partial charge in [0, 0.05) is 24.5 Å². The zero-order valence-electron chi connectivity index (χ0n) is 18.2. The number of hydrogen-bond donors (Lipinski definition) is 0. The topological polar surface area (TPSA) is 82.4 Å². The van der Waals surface area contributed by atoms with Crippen LogP contribution in [0.3, 0.4) is 0 Å². The number of hydrogen-bond acceptors (Lipinski definition) is 6. The van der Waals surface area contributed by atoms with Crippen LogP contribution in [0.1, 0.15) is 41.4 Å². The summed E-state index contributed by atoms with van der Waals surface area (Å²) in [7, 11) is 0. The van der Waals surface area contributed by atoms with Crippen molar-refractivity contribution in [1.82, 2.24) is 24.6 Å². The van der Waals surface area contributed by atoms with E-state index in [1.54, 1.807) is 12.4 Å². The molecule has 0 spiro atoms. The van der Waals surface area contributed by atoms with Gasteiger partial charge in [0.15, 0.2) is 0 Å². The van der Waals surface area contributed by atoms with E-state index in [9.17, 15) is 4.79 Å². The molecule has 1 fully saturated rings. The first-order chi connectivity index (χ1) is 15.7. The van der Waals surface area contributed by atoms with Crippen LogP contribution in [0.2, 0.25) is 0 Å². The first kappa shape index (κ1) is 20.6. The average Bonchev–Trinajstić information content (AvgIpc) is 3.48. The Kier molecular flexibility index (Phi) is 5.85. The van der Waals surface area contributed by atoms with E-state index >= 15 is 0 Å². The second-order valence-corrected chi connectivity index (χ2v) is 8.15. The molecule has 0 aliphatic carbocycles. The fourth-order valence-electron chi connectivity index (χ4n) is 4.36. The molecule has 0 saturated carbocycles. The van der Waals surface area contributed by atoms with Crippen LogP contribution in [0.5, 0.6) is 6.01 Å². The summed E-state index contributed by atoms with van der Waals surface area (Å²) in [4.78, 5) is 24.3. The normalized spacial score (nSPS) is 17.9. The van der Waals surface area contributed by atoms with Crippen LogP contribution in [0.25, 0.3) is 11.3 Å². The summed E-state index contributed by atoms with van der Waals surface area (Å²) in [5.41, 5.74) is 4.23. The zero-order valence-corrected chi connectivity index (χ0v) is 18.2. The van der Waals surface area contributed by atoms with Gasteiger partial charge in [-0.1, -0.05) is 37.3 Å². The maximum absolute atomic E-state index is 13.8. The molecule has 1 atom stereocenters. The molecule has 166 valence electrons. The van der Waals surface area contributed by atoms with Crippen LogP contribution in [0.4, 0.5) is 0 Å². The maximum atomic E-state index is 13.8. The Labute approximate surface area is 187 Å². The lowest BCUT2D eigenvalue weighted by Crippen LogP contribution is -2.40. The molecular weight excluding hydrogens is 406 g/mol. The molecule has 1 saturated heterocycles. The molecule has 32 heavy (non-hydrogen) atoms. The van der Waals surface area contributed by atoms with E-state index < -0.39 is 0 Å². The van der Waals surface area contributed by atoms with Gasteiger partial charge in [0.25, 0.3) is 5.91 Å². The largest absolute Gasteiger partial charge is 0.461 e. The first-order valence-corrected chi connectivity index (χ1v) is 11.2. The van der Waals surface area contributed by atoms with Crippen LogP contribution < -0.4 is 4.74 Å². The van der Waals surface area contributed by atoms with E-state index in [4.69, 9.17) is 14.6 Å². The monoisotopic (exact) mass is 433 g/mol. The summed E-state index contributed by atoms with van der Waals surface area (Å²) in [6, 6.07) is 10.2. The summed E-state index contributed by atoms with van der Waals surface area (Å²) >= 11 is 0. The van der Waals surface area contributed by atoms with E-state index in [1.165, 1.54) is 0 Å². The number of carbonyl (C=O) groups is 1. The first-order valence-electron chi connectivity index (χ1n) is 11.2. The molecule has 1 amide bonds. The van der Waals surface area contributed by atoms with E-state index in [0.717, 1.165) is 41.8 Å². The number of ether oxygens (including phenoxy) is 2. The van der Waals surface area contributed by atoms with Crippen LogP contribution in [-0.2, 0) is 24.3 Å². The second kappa shape index (κ2) is 9.08. The Bertz CT molecular complexity index is 1080. The predicted molar refractivity (Wildman–Crippen MR) is 118 cm³/mol. The van der Waals surface area contributed by atoms with Crippen molar-refractivity contribution in [1.29, 1.82) is 0 Å². The Morgan fingerprint density at radius 3 is 2.78 bits per heavy atom. The molecule has 1 aromatic carbocycles. The molecule has 0 N–H and O–H groups in total. The summed E-state index contributed by atoms with van der Waals surface area (Å²) in [5, 5.41) is 4.79. The number of nitrogens with zero attached hydrogens (tertiary/aromatic N) is 5. The summed E-state index contributed by atoms with van der Waals surface area (Å²) in [6.07, 6.45) is 6.28. The van der Waals surface area contributed by atoms with Gasteiger partial charge in [0.05, 0.1) is 37.1 Å². The molecule has 8 heteroatoms. The number of aromatic nitrogens is 4. The fraction of sp³-hybridized carbons (Fsp3) is 0.417. The van der Waals surface area contributed by atoms with Crippen molar-refractivity contribution in [2.45, 2.75) is 45.4 Å². The minimum absolute atomic E-state index is 0.0102. The SMILES string of the molecule is CCc1cnc(OC[C@@H]2CCCN2C(=O)c2c(-c3ccccc3)nn3c2COCC3)nc1. The van der Waals surface area contributed by atoms with Crippen molar-refractivity contribution in [2.75, 3.05) is 19.8 Å². The summed E-state index contributed by atoms with van der Waals surface area (Å²) in [5.74, 6) is -0.0102. The average molecular weight is 434 g/mol. The van der Waals surface area contributed by atoms with Gasteiger partial charge in [-0.25, -0.2) is 9.97 Å². The molecular formula is C24H27N5O3. The van der Waals surface area contributed by atoms with Gasteiger partial charge in [-0.05, 0) is 24.8 Å². The van der Waals surface area contributed by atoms with E-state index in [1.807, 2.05) is 39.9 Å². The van der Waals surface area contributed by atoms with Crippen molar-refractivity contribution >= 4 is 5.91 Å². The van der Waals surface area contributed by atoms with Crippen molar-refractivity contribution < 1.29 is 14.3 Å². The number of likely N-dealkylation sites (tertiary alicyclic amines) is 1. The van der Waals surface area contributed by atoms with E-state index in [-0.39, 0.29) is 11.9 Å². The molecule has 0 unspecified atom stereocenters. The molecule has 0 bridgehead atoms. The highest BCUT2D eigenvalue weighted by atomic mass is 16.5. The maximum Gasteiger partial charge on any atom is 0.316 e. The van der Waals surface area contributed by atoms with Gasteiger partial charge >= 0.3 is 6.01 Å². The highest BCUT2D eigenvalue weighted by molar-refractivity contribution is 6.01. The lowest BCUT2D eigenvalue weighted by atomic mass is 10.0. The molecule has 2 aliphatic rings.